The molecule has 0 bridgehead atoms. The number of ether oxygens (including phenoxy) is 1. The number of para-hydroxylation sites is 2. The first-order valence-electron chi connectivity index (χ1n) is 9.27. The van der Waals surface area contributed by atoms with Gasteiger partial charge in [-0.25, -0.2) is 14.8 Å². The van der Waals surface area contributed by atoms with Crippen molar-refractivity contribution in [3.05, 3.63) is 41.9 Å². The summed E-state index contributed by atoms with van der Waals surface area (Å²) in [5.74, 6) is 2.75. The van der Waals surface area contributed by atoms with Gasteiger partial charge in [-0.3, -0.25) is 0 Å². The van der Waals surface area contributed by atoms with Gasteiger partial charge in [-0.15, -0.1) is 0 Å². The minimum absolute atomic E-state index is 0.110. The van der Waals surface area contributed by atoms with Crippen LogP contribution in [0.1, 0.15) is 31.3 Å². The average molecular weight is 369 g/mol. The molecule has 2 amide bonds. The van der Waals surface area contributed by atoms with Gasteiger partial charge in [-0.2, -0.15) is 0 Å². The number of rotatable bonds is 4. The Bertz CT molecular complexity index is 801. The molecule has 1 saturated heterocycles. The van der Waals surface area contributed by atoms with Crippen molar-refractivity contribution >= 4 is 17.5 Å². The highest BCUT2D eigenvalue weighted by Gasteiger charge is 2.23. The summed E-state index contributed by atoms with van der Waals surface area (Å²) in [7, 11) is 1.60. The minimum atomic E-state index is -0.110. The van der Waals surface area contributed by atoms with E-state index in [1.165, 1.54) is 0 Å². The zero-order chi connectivity index (χ0) is 19.4. The zero-order valence-corrected chi connectivity index (χ0v) is 16.4. The molecule has 7 heteroatoms. The number of hydrogen-bond acceptors (Lipinski definition) is 5. The lowest BCUT2D eigenvalue weighted by molar-refractivity contribution is 0.208. The lowest BCUT2D eigenvalue weighted by Gasteiger charge is -2.35. The number of nitrogens with zero attached hydrogens (tertiary/aromatic N) is 4. The van der Waals surface area contributed by atoms with Crippen LogP contribution in [0, 0.1) is 6.92 Å². The van der Waals surface area contributed by atoms with Crippen LogP contribution in [0.3, 0.4) is 0 Å². The summed E-state index contributed by atoms with van der Waals surface area (Å²) in [5, 5.41) is 2.94. The fraction of sp³-hybridized carbons (Fsp3) is 0.450. The highest BCUT2D eigenvalue weighted by atomic mass is 16.5. The largest absolute Gasteiger partial charge is 0.495 e. The maximum atomic E-state index is 12.6. The number of carbonyl (C=O) groups is 1. The molecular weight excluding hydrogens is 342 g/mol. The van der Waals surface area contributed by atoms with E-state index >= 15 is 0 Å². The standard InChI is InChI=1S/C20H27N5O2/c1-14(2)19-21-15(3)13-18(23-19)24-9-11-25(12-10-24)20(26)22-16-7-5-6-8-17(16)27-4/h5-8,13-14H,9-12H2,1-4H3,(H,22,26). The Morgan fingerprint density at radius 2 is 1.85 bits per heavy atom. The lowest BCUT2D eigenvalue weighted by Crippen LogP contribution is -2.50. The molecule has 1 aromatic heterocycles. The SMILES string of the molecule is COc1ccccc1NC(=O)N1CCN(c2cc(C)nc(C(C)C)n2)CC1. The van der Waals surface area contributed by atoms with Gasteiger partial charge in [0.2, 0.25) is 0 Å². The molecule has 3 rings (SSSR count). The normalized spacial score (nSPS) is 14.4. The van der Waals surface area contributed by atoms with Crippen LogP contribution in [0.15, 0.2) is 30.3 Å². The van der Waals surface area contributed by atoms with E-state index in [9.17, 15) is 4.79 Å². The van der Waals surface area contributed by atoms with Crippen molar-refractivity contribution in [2.45, 2.75) is 26.7 Å². The quantitative estimate of drug-likeness (QED) is 0.896. The van der Waals surface area contributed by atoms with E-state index in [2.05, 4.69) is 29.0 Å². The van der Waals surface area contributed by atoms with Crippen LogP contribution >= 0.6 is 0 Å². The molecule has 0 aliphatic carbocycles. The molecule has 144 valence electrons. The average Bonchev–Trinajstić information content (AvgIpc) is 2.68. The predicted molar refractivity (Wildman–Crippen MR) is 107 cm³/mol. The molecule has 2 heterocycles. The number of hydrogen-bond donors (Lipinski definition) is 1. The number of anilines is 2. The van der Waals surface area contributed by atoms with E-state index in [1.54, 1.807) is 7.11 Å². The summed E-state index contributed by atoms with van der Waals surface area (Å²) in [6.07, 6.45) is 0. The summed E-state index contributed by atoms with van der Waals surface area (Å²) >= 11 is 0. The molecule has 0 saturated carbocycles. The van der Waals surface area contributed by atoms with Gasteiger partial charge in [0.1, 0.15) is 17.4 Å². The summed E-state index contributed by atoms with van der Waals surface area (Å²) in [6.45, 7) is 8.95. The molecule has 1 aliphatic heterocycles. The number of carbonyl (C=O) groups excluding carboxylic acids is 1. The Morgan fingerprint density at radius 1 is 1.15 bits per heavy atom. The molecule has 1 aromatic carbocycles. The monoisotopic (exact) mass is 369 g/mol. The van der Waals surface area contributed by atoms with Crippen LogP contribution in [-0.4, -0.2) is 54.2 Å². The van der Waals surface area contributed by atoms with Crippen LogP contribution in [-0.2, 0) is 0 Å². The first-order chi connectivity index (χ1) is 13.0. The minimum Gasteiger partial charge on any atom is -0.495 e. The van der Waals surface area contributed by atoms with Crippen molar-refractivity contribution in [3.63, 3.8) is 0 Å². The van der Waals surface area contributed by atoms with Crippen LogP contribution in [0.5, 0.6) is 5.75 Å². The molecule has 7 nitrogen and oxygen atoms in total. The van der Waals surface area contributed by atoms with Crippen LogP contribution in [0.4, 0.5) is 16.3 Å². The molecule has 0 spiro atoms. The molecule has 0 unspecified atom stereocenters. The Balaban J connectivity index is 1.62. The van der Waals surface area contributed by atoms with E-state index in [4.69, 9.17) is 9.72 Å². The second-order valence-electron chi connectivity index (χ2n) is 6.98. The van der Waals surface area contributed by atoms with E-state index in [0.29, 0.717) is 24.5 Å². The Morgan fingerprint density at radius 3 is 2.52 bits per heavy atom. The van der Waals surface area contributed by atoms with E-state index in [0.717, 1.165) is 30.4 Å². The van der Waals surface area contributed by atoms with Crippen LogP contribution in [0.25, 0.3) is 0 Å². The first-order valence-corrected chi connectivity index (χ1v) is 9.27. The highest BCUT2D eigenvalue weighted by molar-refractivity contribution is 5.91. The second kappa shape index (κ2) is 8.24. The molecule has 2 aromatic rings. The van der Waals surface area contributed by atoms with Crippen LogP contribution in [0.2, 0.25) is 0 Å². The maximum Gasteiger partial charge on any atom is 0.322 e. The smallest absolute Gasteiger partial charge is 0.322 e. The van der Waals surface area contributed by atoms with Gasteiger partial charge in [0, 0.05) is 43.9 Å². The van der Waals surface area contributed by atoms with E-state index in [1.807, 2.05) is 42.2 Å². The Hall–Kier alpha value is -2.83. The van der Waals surface area contributed by atoms with Crippen molar-refractivity contribution in [3.8, 4) is 5.75 Å². The number of nitrogens with one attached hydrogen (secondary N) is 1. The number of amides is 2. The fourth-order valence-corrected chi connectivity index (χ4v) is 3.08. The molecule has 1 fully saturated rings. The number of aromatic nitrogens is 2. The third kappa shape index (κ3) is 4.48. The van der Waals surface area contributed by atoms with Gasteiger partial charge in [-0.1, -0.05) is 26.0 Å². The Kier molecular flexibility index (Phi) is 5.78. The van der Waals surface area contributed by atoms with Crippen molar-refractivity contribution in [1.29, 1.82) is 0 Å². The van der Waals surface area contributed by atoms with Gasteiger partial charge < -0.3 is 19.9 Å². The van der Waals surface area contributed by atoms with Crippen molar-refractivity contribution < 1.29 is 9.53 Å². The molecular formula is C20H27N5O2. The van der Waals surface area contributed by atoms with Gasteiger partial charge >= 0.3 is 6.03 Å². The zero-order valence-electron chi connectivity index (χ0n) is 16.4. The van der Waals surface area contributed by atoms with Crippen molar-refractivity contribution in [2.24, 2.45) is 0 Å². The first kappa shape index (κ1) is 18.9. The van der Waals surface area contributed by atoms with Crippen LogP contribution < -0.4 is 15.0 Å². The molecule has 1 aliphatic rings. The fourth-order valence-electron chi connectivity index (χ4n) is 3.08. The van der Waals surface area contributed by atoms with E-state index < -0.39 is 0 Å². The third-order valence-electron chi connectivity index (χ3n) is 4.61. The van der Waals surface area contributed by atoms with E-state index in [-0.39, 0.29) is 11.9 Å². The van der Waals surface area contributed by atoms with Gasteiger partial charge in [0.25, 0.3) is 0 Å². The summed E-state index contributed by atoms with van der Waals surface area (Å²) in [6, 6.07) is 9.32. The summed E-state index contributed by atoms with van der Waals surface area (Å²) in [5.41, 5.74) is 1.65. The topological polar surface area (TPSA) is 70.6 Å². The van der Waals surface area contributed by atoms with Gasteiger partial charge in [0.15, 0.2) is 0 Å². The maximum absolute atomic E-state index is 12.6. The highest BCUT2D eigenvalue weighted by Crippen LogP contribution is 2.24. The Labute approximate surface area is 160 Å². The number of benzene rings is 1. The predicted octanol–water partition coefficient (Wildman–Crippen LogP) is 3.27. The summed E-state index contributed by atoms with van der Waals surface area (Å²) in [4.78, 5) is 25.8. The number of methoxy groups -OCH3 is 1. The lowest BCUT2D eigenvalue weighted by atomic mass is 10.2. The van der Waals surface area contributed by atoms with Gasteiger partial charge in [-0.05, 0) is 19.1 Å². The van der Waals surface area contributed by atoms with Crippen molar-refractivity contribution in [1.82, 2.24) is 14.9 Å². The van der Waals surface area contributed by atoms with Crippen molar-refractivity contribution in [2.75, 3.05) is 43.5 Å². The summed E-state index contributed by atoms with van der Waals surface area (Å²) < 4.78 is 5.29. The molecule has 1 N–H and O–H groups in total. The molecule has 0 atom stereocenters. The number of aryl methyl sites for hydroxylation is 1. The number of urea groups is 1. The number of piperazine rings is 1. The molecule has 0 radical (unpaired) electrons. The molecule has 27 heavy (non-hydrogen) atoms. The second-order valence-corrected chi connectivity index (χ2v) is 6.98. The third-order valence-corrected chi connectivity index (χ3v) is 4.61. The van der Waals surface area contributed by atoms with Gasteiger partial charge in [0.05, 0.1) is 12.8 Å².